The van der Waals surface area contributed by atoms with Crippen LogP contribution in [0.25, 0.3) is 0 Å². The smallest absolute Gasteiger partial charge is 0.222 e. The molecule has 1 amide bonds. The number of hydrogen-bond donors (Lipinski definition) is 0. The summed E-state index contributed by atoms with van der Waals surface area (Å²) in [6, 6.07) is 5.81. The molecule has 1 aromatic rings. The molecule has 0 fully saturated rings. The van der Waals surface area contributed by atoms with Crippen molar-refractivity contribution in [1.29, 1.82) is 0 Å². The average molecular weight is 293 g/mol. The molecule has 21 heavy (non-hydrogen) atoms. The first-order valence-corrected chi connectivity index (χ1v) is 7.64. The van der Waals surface area contributed by atoms with Crippen molar-refractivity contribution in [3.8, 4) is 11.5 Å². The van der Waals surface area contributed by atoms with Gasteiger partial charge in [0.05, 0.1) is 14.2 Å². The molecule has 0 heterocycles. The summed E-state index contributed by atoms with van der Waals surface area (Å²) in [5.74, 6) is 1.65. The summed E-state index contributed by atoms with van der Waals surface area (Å²) in [5.41, 5.74) is 1.09. The van der Waals surface area contributed by atoms with E-state index >= 15 is 0 Å². The number of rotatable bonds is 9. The van der Waals surface area contributed by atoms with Gasteiger partial charge >= 0.3 is 0 Å². The molecular formula is C17H27NO3. The maximum Gasteiger partial charge on any atom is 0.222 e. The van der Waals surface area contributed by atoms with Crippen LogP contribution in [0.2, 0.25) is 0 Å². The molecule has 118 valence electrons. The lowest BCUT2D eigenvalue weighted by molar-refractivity contribution is -0.131. The Kier molecular flexibility index (Phi) is 7.65. The number of amides is 1. The molecule has 4 heteroatoms. The third kappa shape index (κ3) is 5.29. The van der Waals surface area contributed by atoms with Crippen LogP contribution >= 0.6 is 0 Å². The van der Waals surface area contributed by atoms with Crippen molar-refractivity contribution in [2.75, 3.05) is 27.3 Å². The Labute approximate surface area is 128 Å². The molecule has 1 aromatic carbocycles. The molecule has 4 nitrogen and oxygen atoms in total. The van der Waals surface area contributed by atoms with Crippen LogP contribution in [-0.4, -0.2) is 38.1 Å². The van der Waals surface area contributed by atoms with Gasteiger partial charge in [-0.05, 0) is 37.0 Å². The van der Waals surface area contributed by atoms with Crippen LogP contribution in [0.5, 0.6) is 11.5 Å². The predicted octanol–water partition coefficient (Wildman–Crippen LogP) is 3.29. The van der Waals surface area contributed by atoms with E-state index in [4.69, 9.17) is 9.47 Å². The van der Waals surface area contributed by atoms with Crippen LogP contribution < -0.4 is 9.47 Å². The number of carbonyl (C=O) groups is 1. The quantitative estimate of drug-likeness (QED) is 0.701. The Morgan fingerprint density at radius 2 is 1.67 bits per heavy atom. The molecule has 0 unspecified atom stereocenters. The summed E-state index contributed by atoms with van der Waals surface area (Å²) < 4.78 is 10.5. The second-order valence-electron chi connectivity index (χ2n) is 5.07. The highest BCUT2D eigenvalue weighted by Crippen LogP contribution is 2.28. The van der Waals surface area contributed by atoms with Gasteiger partial charge in [-0.25, -0.2) is 0 Å². The van der Waals surface area contributed by atoms with Crippen LogP contribution in [-0.2, 0) is 11.2 Å². The number of aryl methyl sites for hydroxylation is 1. The standard InChI is InChI=1S/C17H27NO3/c1-5-11-18(12-6-2)17(19)10-8-14-7-9-15(20-3)16(13-14)21-4/h7,9,13H,5-6,8,10-12H2,1-4H3. The first-order chi connectivity index (χ1) is 10.2. The lowest BCUT2D eigenvalue weighted by Gasteiger charge is -2.21. The van der Waals surface area contributed by atoms with E-state index in [9.17, 15) is 4.79 Å². The zero-order valence-corrected chi connectivity index (χ0v) is 13.6. The van der Waals surface area contributed by atoms with Crippen molar-refractivity contribution in [3.63, 3.8) is 0 Å². The van der Waals surface area contributed by atoms with Crippen molar-refractivity contribution >= 4 is 5.91 Å². The van der Waals surface area contributed by atoms with E-state index in [0.29, 0.717) is 17.9 Å². The van der Waals surface area contributed by atoms with E-state index in [-0.39, 0.29) is 5.91 Å². The third-order valence-electron chi connectivity index (χ3n) is 3.42. The lowest BCUT2D eigenvalue weighted by Crippen LogP contribution is -2.32. The van der Waals surface area contributed by atoms with Crippen molar-refractivity contribution in [1.82, 2.24) is 4.90 Å². The molecule has 0 radical (unpaired) electrons. The van der Waals surface area contributed by atoms with E-state index < -0.39 is 0 Å². The van der Waals surface area contributed by atoms with E-state index in [0.717, 1.165) is 37.9 Å². The van der Waals surface area contributed by atoms with Crippen LogP contribution in [0, 0.1) is 0 Å². The SMILES string of the molecule is CCCN(CCC)C(=O)CCc1ccc(OC)c(OC)c1. The molecule has 0 N–H and O–H groups in total. The fraction of sp³-hybridized carbons (Fsp3) is 0.588. The van der Waals surface area contributed by atoms with Gasteiger partial charge in [-0.2, -0.15) is 0 Å². The lowest BCUT2D eigenvalue weighted by atomic mass is 10.1. The van der Waals surface area contributed by atoms with Crippen molar-refractivity contribution in [2.45, 2.75) is 39.5 Å². The van der Waals surface area contributed by atoms with Gasteiger partial charge in [-0.3, -0.25) is 4.79 Å². The molecule has 0 aliphatic heterocycles. The Balaban J connectivity index is 2.63. The van der Waals surface area contributed by atoms with Crippen molar-refractivity contribution < 1.29 is 14.3 Å². The monoisotopic (exact) mass is 293 g/mol. The Morgan fingerprint density at radius 1 is 1.05 bits per heavy atom. The highest BCUT2D eigenvalue weighted by Gasteiger charge is 2.12. The molecule has 1 rings (SSSR count). The predicted molar refractivity (Wildman–Crippen MR) is 85.0 cm³/mol. The number of nitrogens with zero attached hydrogens (tertiary/aromatic N) is 1. The van der Waals surface area contributed by atoms with Gasteiger partial charge in [-0.15, -0.1) is 0 Å². The second-order valence-corrected chi connectivity index (χ2v) is 5.07. The average Bonchev–Trinajstić information content (AvgIpc) is 2.52. The fourth-order valence-electron chi connectivity index (χ4n) is 2.35. The first kappa shape index (κ1) is 17.3. The zero-order chi connectivity index (χ0) is 15.7. The van der Waals surface area contributed by atoms with Gasteiger partial charge in [0.25, 0.3) is 0 Å². The van der Waals surface area contributed by atoms with E-state index in [2.05, 4.69) is 13.8 Å². The van der Waals surface area contributed by atoms with Crippen molar-refractivity contribution in [3.05, 3.63) is 23.8 Å². The zero-order valence-electron chi connectivity index (χ0n) is 13.6. The third-order valence-corrected chi connectivity index (χ3v) is 3.42. The fourth-order valence-corrected chi connectivity index (χ4v) is 2.35. The number of ether oxygens (including phenoxy) is 2. The topological polar surface area (TPSA) is 38.8 Å². The molecule has 0 aliphatic carbocycles. The van der Waals surface area contributed by atoms with Gasteiger partial charge in [0.15, 0.2) is 11.5 Å². The highest BCUT2D eigenvalue weighted by atomic mass is 16.5. The van der Waals surface area contributed by atoms with Gasteiger partial charge < -0.3 is 14.4 Å². The normalized spacial score (nSPS) is 10.3. The molecule has 0 aliphatic rings. The minimum absolute atomic E-state index is 0.230. The van der Waals surface area contributed by atoms with Crippen LogP contribution in [0.1, 0.15) is 38.7 Å². The summed E-state index contributed by atoms with van der Waals surface area (Å²) >= 11 is 0. The summed E-state index contributed by atoms with van der Waals surface area (Å²) in [6.07, 6.45) is 3.27. The molecule has 0 atom stereocenters. The Morgan fingerprint density at radius 3 is 2.19 bits per heavy atom. The highest BCUT2D eigenvalue weighted by molar-refractivity contribution is 5.76. The van der Waals surface area contributed by atoms with E-state index in [1.807, 2.05) is 23.1 Å². The second kappa shape index (κ2) is 9.27. The molecule has 0 saturated heterocycles. The number of methoxy groups -OCH3 is 2. The molecule has 0 spiro atoms. The van der Waals surface area contributed by atoms with Crippen LogP contribution in [0.3, 0.4) is 0 Å². The minimum atomic E-state index is 0.230. The Hall–Kier alpha value is -1.71. The summed E-state index contributed by atoms with van der Waals surface area (Å²) in [6.45, 7) is 5.89. The largest absolute Gasteiger partial charge is 0.493 e. The molecule has 0 aromatic heterocycles. The van der Waals surface area contributed by atoms with Gasteiger partial charge in [0, 0.05) is 19.5 Å². The summed E-state index contributed by atoms with van der Waals surface area (Å²) in [4.78, 5) is 14.2. The molecular weight excluding hydrogens is 266 g/mol. The van der Waals surface area contributed by atoms with Crippen molar-refractivity contribution in [2.24, 2.45) is 0 Å². The minimum Gasteiger partial charge on any atom is -0.493 e. The molecule has 0 saturated carbocycles. The van der Waals surface area contributed by atoms with Gasteiger partial charge in [0.1, 0.15) is 0 Å². The molecule has 0 bridgehead atoms. The number of carbonyl (C=O) groups excluding carboxylic acids is 1. The number of benzene rings is 1. The van der Waals surface area contributed by atoms with Gasteiger partial charge in [-0.1, -0.05) is 19.9 Å². The van der Waals surface area contributed by atoms with Crippen LogP contribution in [0.4, 0.5) is 0 Å². The Bertz CT molecular complexity index is 440. The van der Waals surface area contributed by atoms with Gasteiger partial charge in [0.2, 0.25) is 5.91 Å². The first-order valence-electron chi connectivity index (χ1n) is 7.64. The van der Waals surface area contributed by atoms with E-state index in [1.54, 1.807) is 14.2 Å². The number of hydrogen-bond acceptors (Lipinski definition) is 3. The maximum absolute atomic E-state index is 12.2. The van der Waals surface area contributed by atoms with Crippen LogP contribution in [0.15, 0.2) is 18.2 Å². The summed E-state index contributed by atoms with van der Waals surface area (Å²) in [7, 11) is 3.24. The maximum atomic E-state index is 12.2. The summed E-state index contributed by atoms with van der Waals surface area (Å²) in [5, 5.41) is 0. The van der Waals surface area contributed by atoms with E-state index in [1.165, 1.54) is 0 Å².